The highest BCUT2D eigenvalue weighted by Crippen LogP contribution is 2.38. The van der Waals surface area contributed by atoms with Crippen LogP contribution in [0.1, 0.15) is 11.1 Å². The molecule has 0 radical (unpaired) electrons. The number of rotatable bonds is 6. The van der Waals surface area contributed by atoms with Crippen molar-refractivity contribution in [2.24, 2.45) is 10.1 Å². The summed E-state index contributed by atoms with van der Waals surface area (Å²) in [5.41, 5.74) is 2.38. The van der Waals surface area contributed by atoms with Crippen LogP contribution in [0.2, 0.25) is 0 Å². The van der Waals surface area contributed by atoms with Crippen molar-refractivity contribution in [3.8, 4) is 11.6 Å². The molecule has 0 atom stereocenters. The molecule has 1 saturated heterocycles. The van der Waals surface area contributed by atoms with Crippen LogP contribution in [-0.2, 0) is 9.57 Å². The number of benzene rings is 2. The Balaban J connectivity index is 1.51. The lowest BCUT2D eigenvalue weighted by Crippen LogP contribution is -2.38. The number of nitro groups is 1. The van der Waals surface area contributed by atoms with Crippen molar-refractivity contribution in [1.82, 2.24) is 9.88 Å². The van der Waals surface area contributed by atoms with E-state index in [0.29, 0.717) is 59.9 Å². The van der Waals surface area contributed by atoms with E-state index >= 15 is 0 Å². The van der Waals surface area contributed by atoms with Crippen molar-refractivity contribution in [2.75, 3.05) is 39.5 Å². The molecule has 0 bridgehead atoms. The first-order chi connectivity index (χ1) is 16.0. The number of nitrogens with zero attached hydrogens (tertiary/aromatic N) is 4. The number of nitrogens with one attached hydrogen (secondary N) is 1. The second-order valence-corrected chi connectivity index (χ2v) is 7.72. The van der Waals surface area contributed by atoms with Crippen molar-refractivity contribution in [3.63, 3.8) is 0 Å². The summed E-state index contributed by atoms with van der Waals surface area (Å²) in [5, 5.41) is 36.7. The van der Waals surface area contributed by atoms with Gasteiger partial charge in [0, 0.05) is 48.2 Å². The molecule has 2 aliphatic rings. The highest BCUT2D eigenvalue weighted by molar-refractivity contribution is 6.58. The first-order valence-corrected chi connectivity index (χ1v) is 10.4. The summed E-state index contributed by atoms with van der Waals surface area (Å²) in [6.07, 6.45) is 0. The summed E-state index contributed by atoms with van der Waals surface area (Å²) in [4.78, 5) is 26.0. The van der Waals surface area contributed by atoms with Gasteiger partial charge in [-0.25, -0.2) is 4.99 Å². The van der Waals surface area contributed by atoms with Crippen molar-refractivity contribution >= 4 is 33.7 Å². The largest absolute Gasteiger partial charge is 0.508 e. The van der Waals surface area contributed by atoms with E-state index in [2.05, 4.69) is 20.0 Å². The molecule has 3 N–H and O–H groups in total. The van der Waals surface area contributed by atoms with E-state index in [-0.39, 0.29) is 22.9 Å². The number of aromatic amines is 1. The maximum atomic E-state index is 11.3. The average molecular weight is 451 g/mol. The second kappa shape index (κ2) is 8.52. The number of hydrogen-bond donors (Lipinski definition) is 3. The number of fused-ring (bicyclic) bond motifs is 2. The van der Waals surface area contributed by atoms with Gasteiger partial charge in [-0.2, -0.15) is 0 Å². The highest BCUT2D eigenvalue weighted by Gasteiger charge is 2.30. The number of morpholine rings is 1. The first-order valence-electron chi connectivity index (χ1n) is 10.4. The van der Waals surface area contributed by atoms with Crippen LogP contribution in [0, 0.1) is 10.1 Å². The van der Waals surface area contributed by atoms with E-state index in [4.69, 9.17) is 9.57 Å². The number of aromatic hydroxyl groups is 2. The zero-order valence-electron chi connectivity index (χ0n) is 17.5. The van der Waals surface area contributed by atoms with Crippen molar-refractivity contribution < 1.29 is 24.7 Å². The van der Waals surface area contributed by atoms with E-state index < -0.39 is 4.92 Å². The zero-order chi connectivity index (χ0) is 22.9. The minimum atomic E-state index is -0.500. The molecule has 33 heavy (non-hydrogen) atoms. The third-order valence-electron chi connectivity index (χ3n) is 5.66. The van der Waals surface area contributed by atoms with E-state index in [1.54, 1.807) is 6.07 Å². The Hall–Kier alpha value is -3.96. The molecule has 0 aliphatic carbocycles. The summed E-state index contributed by atoms with van der Waals surface area (Å²) in [6.45, 7) is 4.02. The molecular formula is C22H21N5O6. The van der Waals surface area contributed by atoms with E-state index in [1.807, 2.05) is 0 Å². The summed E-state index contributed by atoms with van der Waals surface area (Å²) >= 11 is 0. The fraction of sp³-hybridized carbons (Fsp3) is 0.273. The fourth-order valence-electron chi connectivity index (χ4n) is 4.00. The molecule has 3 aromatic rings. The number of oxime groups is 1. The van der Waals surface area contributed by atoms with Gasteiger partial charge >= 0.3 is 0 Å². The van der Waals surface area contributed by atoms with Crippen LogP contribution in [0.4, 0.5) is 11.4 Å². The molecule has 0 amide bonds. The quantitative estimate of drug-likeness (QED) is 0.297. The zero-order valence-corrected chi connectivity index (χ0v) is 17.5. The smallest absolute Gasteiger partial charge is 0.270 e. The average Bonchev–Trinajstić information content (AvgIpc) is 3.32. The summed E-state index contributed by atoms with van der Waals surface area (Å²) < 4.78 is 5.34. The standard InChI is InChI=1S/C22H21N5O6/c28-14-2-4-18-16(12-14)20(25-33-10-7-26-5-8-32-9-6-26)21(23-18)19-15-11-13(27(30)31)1-3-17(15)24-22(19)29/h1-4,11-12,24,28-29H,5-10H2/b25-20+. The number of nitro benzene ring substituents is 1. The van der Waals surface area contributed by atoms with Gasteiger partial charge in [0.25, 0.3) is 5.69 Å². The van der Waals surface area contributed by atoms with Gasteiger partial charge in [0.1, 0.15) is 23.8 Å². The van der Waals surface area contributed by atoms with Crippen LogP contribution in [0.15, 0.2) is 46.5 Å². The molecule has 0 saturated carbocycles. The van der Waals surface area contributed by atoms with Gasteiger partial charge in [-0.1, -0.05) is 5.16 Å². The highest BCUT2D eigenvalue weighted by atomic mass is 16.6. The number of non-ortho nitro benzene ring substituents is 1. The Morgan fingerprint density at radius 2 is 2.03 bits per heavy atom. The number of aliphatic imine (C=N–C) groups is 1. The molecule has 2 aliphatic heterocycles. The molecule has 5 rings (SSSR count). The monoisotopic (exact) mass is 451 g/mol. The van der Waals surface area contributed by atoms with E-state index in [0.717, 1.165) is 13.1 Å². The third kappa shape index (κ3) is 3.99. The summed E-state index contributed by atoms with van der Waals surface area (Å²) in [6, 6.07) is 8.92. The molecule has 170 valence electrons. The van der Waals surface area contributed by atoms with Gasteiger partial charge in [-0.15, -0.1) is 0 Å². The predicted molar refractivity (Wildman–Crippen MR) is 121 cm³/mol. The second-order valence-electron chi connectivity index (χ2n) is 7.72. The number of phenolic OH excluding ortho intramolecular Hbond substituents is 1. The van der Waals surface area contributed by atoms with Crippen molar-refractivity contribution in [1.29, 1.82) is 0 Å². The van der Waals surface area contributed by atoms with Crippen LogP contribution >= 0.6 is 0 Å². The Bertz CT molecular complexity index is 1290. The first kappa shape index (κ1) is 20.9. The van der Waals surface area contributed by atoms with Crippen molar-refractivity contribution in [3.05, 3.63) is 57.6 Å². The maximum absolute atomic E-state index is 11.3. The van der Waals surface area contributed by atoms with Crippen LogP contribution in [0.25, 0.3) is 10.9 Å². The van der Waals surface area contributed by atoms with Crippen LogP contribution < -0.4 is 0 Å². The Morgan fingerprint density at radius 1 is 1.21 bits per heavy atom. The van der Waals surface area contributed by atoms with Crippen LogP contribution in [-0.4, -0.2) is 75.9 Å². The molecule has 0 spiro atoms. The van der Waals surface area contributed by atoms with Crippen LogP contribution in [0.3, 0.4) is 0 Å². The molecular weight excluding hydrogens is 430 g/mol. The van der Waals surface area contributed by atoms with Gasteiger partial charge in [0.2, 0.25) is 0 Å². The van der Waals surface area contributed by atoms with E-state index in [9.17, 15) is 20.3 Å². The number of aromatic nitrogens is 1. The molecule has 1 fully saturated rings. The summed E-state index contributed by atoms with van der Waals surface area (Å²) in [5.74, 6) is -0.160. The van der Waals surface area contributed by atoms with Gasteiger partial charge in [0.15, 0.2) is 5.88 Å². The molecule has 11 heteroatoms. The van der Waals surface area contributed by atoms with Crippen molar-refractivity contribution in [2.45, 2.75) is 0 Å². The lowest BCUT2D eigenvalue weighted by Gasteiger charge is -2.25. The molecule has 11 nitrogen and oxygen atoms in total. The Morgan fingerprint density at radius 3 is 2.82 bits per heavy atom. The normalized spacial score (nSPS) is 17.3. The topological polar surface area (TPSA) is 146 Å². The number of phenols is 1. The Kier molecular flexibility index (Phi) is 5.40. The summed E-state index contributed by atoms with van der Waals surface area (Å²) in [7, 11) is 0. The number of hydrogen-bond acceptors (Lipinski definition) is 9. The lowest BCUT2D eigenvalue weighted by molar-refractivity contribution is -0.384. The lowest BCUT2D eigenvalue weighted by atomic mass is 10.0. The number of H-pyrrole nitrogens is 1. The minimum Gasteiger partial charge on any atom is -0.508 e. The minimum absolute atomic E-state index is 0.0324. The van der Waals surface area contributed by atoms with Gasteiger partial charge in [-0.3, -0.25) is 15.0 Å². The maximum Gasteiger partial charge on any atom is 0.270 e. The SMILES string of the molecule is O=[N+]([O-])c1ccc2[nH]c(O)c(C3=Nc4ccc(O)cc4/C3=N\OCCN3CCOCC3)c2c1. The number of ether oxygens (including phenoxy) is 1. The molecule has 3 heterocycles. The predicted octanol–water partition coefficient (Wildman–Crippen LogP) is 2.67. The van der Waals surface area contributed by atoms with Crippen LogP contribution in [0.5, 0.6) is 11.6 Å². The van der Waals surface area contributed by atoms with E-state index in [1.165, 1.54) is 30.3 Å². The fourth-order valence-corrected chi connectivity index (χ4v) is 4.00. The van der Waals surface area contributed by atoms with Gasteiger partial charge in [0.05, 0.1) is 29.4 Å². The third-order valence-corrected chi connectivity index (χ3v) is 5.66. The molecule has 0 unspecified atom stereocenters. The van der Waals surface area contributed by atoms with Gasteiger partial charge < -0.3 is 24.8 Å². The molecule has 2 aromatic carbocycles. The van der Waals surface area contributed by atoms with Gasteiger partial charge in [-0.05, 0) is 24.3 Å². The Labute approximate surface area is 187 Å². The molecule has 1 aromatic heterocycles.